The summed E-state index contributed by atoms with van der Waals surface area (Å²) >= 11 is 0. The summed E-state index contributed by atoms with van der Waals surface area (Å²) in [5.41, 5.74) is 1.02. The molecule has 1 saturated carbocycles. The molecule has 2 heterocycles. The Balaban J connectivity index is 1.59. The van der Waals surface area contributed by atoms with Gasteiger partial charge in [-0.05, 0) is 42.5 Å². The SMILES string of the molecule is O=C1C(C2=NS(=O)(=O)c3ccccc32)=C(O)[C@H](C2CCCCC2)N1Cc1ccc(F)cc1. The second-order valence-electron chi connectivity index (χ2n) is 8.57. The van der Waals surface area contributed by atoms with Crippen LogP contribution in [0.25, 0.3) is 0 Å². The Labute approximate surface area is 186 Å². The minimum absolute atomic E-state index is 0.00511. The van der Waals surface area contributed by atoms with E-state index in [9.17, 15) is 22.7 Å². The Morgan fingerprint density at radius 3 is 2.44 bits per heavy atom. The predicted molar refractivity (Wildman–Crippen MR) is 117 cm³/mol. The van der Waals surface area contributed by atoms with Crippen LogP contribution in [0.2, 0.25) is 0 Å². The summed E-state index contributed by atoms with van der Waals surface area (Å²) in [6.07, 6.45) is 4.89. The lowest BCUT2D eigenvalue weighted by molar-refractivity contribution is -0.128. The van der Waals surface area contributed by atoms with E-state index in [1.807, 2.05) is 0 Å². The lowest BCUT2D eigenvalue weighted by Crippen LogP contribution is -2.41. The molecule has 32 heavy (non-hydrogen) atoms. The normalized spacial score (nSPS) is 22.9. The molecular formula is C24H23FN2O4S. The maximum absolute atomic E-state index is 13.6. The van der Waals surface area contributed by atoms with Crippen LogP contribution in [-0.4, -0.2) is 36.1 Å². The quantitative estimate of drug-likeness (QED) is 0.753. The number of carbonyl (C=O) groups excluding carboxylic acids is 1. The Kier molecular flexibility index (Phi) is 5.12. The van der Waals surface area contributed by atoms with Gasteiger partial charge in [-0.15, -0.1) is 0 Å². The van der Waals surface area contributed by atoms with E-state index >= 15 is 0 Å². The van der Waals surface area contributed by atoms with Crippen LogP contribution in [0.4, 0.5) is 4.39 Å². The van der Waals surface area contributed by atoms with Crippen molar-refractivity contribution in [3.8, 4) is 0 Å². The highest BCUT2D eigenvalue weighted by molar-refractivity contribution is 7.90. The van der Waals surface area contributed by atoms with Gasteiger partial charge in [-0.2, -0.15) is 12.8 Å². The van der Waals surface area contributed by atoms with Crippen LogP contribution in [0, 0.1) is 11.7 Å². The summed E-state index contributed by atoms with van der Waals surface area (Å²) in [6, 6.07) is 11.7. The first-order valence-electron chi connectivity index (χ1n) is 10.8. The van der Waals surface area contributed by atoms with E-state index in [2.05, 4.69) is 4.40 Å². The third kappa shape index (κ3) is 3.43. The van der Waals surface area contributed by atoms with Gasteiger partial charge in [-0.25, -0.2) is 4.39 Å². The van der Waals surface area contributed by atoms with Gasteiger partial charge in [0.15, 0.2) is 0 Å². The fraction of sp³-hybridized carbons (Fsp3) is 0.333. The number of aliphatic hydroxyl groups excluding tert-OH is 1. The molecule has 2 aromatic rings. The summed E-state index contributed by atoms with van der Waals surface area (Å²) in [6.45, 7) is 0.190. The molecule has 1 amide bonds. The van der Waals surface area contributed by atoms with Gasteiger partial charge in [0, 0.05) is 12.1 Å². The molecule has 1 aliphatic carbocycles. The standard InChI is InChI=1S/C24H23FN2O4S/c25-17-12-10-15(11-13-17)14-27-22(16-6-2-1-3-7-16)23(28)20(24(27)29)21-18-8-4-5-9-19(18)32(30,31)26-21/h4-5,8-13,16,22,28H,1-3,6-7,14H2/t22-/m0/s1. The van der Waals surface area contributed by atoms with Crippen molar-refractivity contribution >= 4 is 21.6 Å². The van der Waals surface area contributed by atoms with Crippen LogP contribution in [0.3, 0.4) is 0 Å². The highest BCUT2D eigenvalue weighted by atomic mass is 32.2. The van der Waals surface area contributed by atoms with Gasteiger partial charge in [-0.1, -0.05) is 49.6 Å². The van der Waals surface area contributed by atoms with Gasteiger partial charge in [0.2, 0.25) is 0 Å². The molecule has 3 aliphatic rings. The Hall–Kier alpha value is -3.00. The maximum atomic E-state index is 13.6. The van der Waals surface area contributed by atoms with Crippen LogP contribution in [0.15, 0.2) is 69.2 Å². The molecule has 8 heteroatoms. The molecule has 0 saturated heterocycles. The Morgan fingerprint density at radius 1 is 1.03 bits per heavy atom. The van der Waals surface area contributed by atoms with Gasteiger partial charge in [0.25, 0.3) is 15.9 Å². The fourth-order valence-corrected chi connectivity index (χ4v) is 6.29. The molecule has 2 aromatic carbocycles. The first kappa shape index (κ1) is 20.9. The minimum Gasteiger partial charge on any atom is -0.509 e. The zero-order valence-corrected chi connectivity index (χ0v) is 18.2. The highest BCUT2D eigenvalue weighted by Crippen LogP contribution is 2.40. The molecule has 1 N–H and O–H groups in total. The zero-order chi connectivity index (χ0) is 22.5. The van der Waals surface area contributed by atoms with Crippen molar-refractivity contribution in [1.29, 1.82) is 0 Å². The van der Waals surface area contributed by atoms with E-state index in [0.29, 0.717) is 5.56 Å². The van der Waals surface area contributed by atoms with Gasteiger partial charge in [-0.3, -0.25) is 4.79 Å². The van der Waals surface area contributed by atoms with Crippen LogP contribution in [0.5, 0.6) is 0 Å². The summed E-state index contributed by atoms with van der Waals surface area (Å²) in [5, 5.41) is 11.3. The number of amides is 1. The average molecular weight is 455 g/mol. The molecule has 0 aromatic heterocycles. The first-order valence-corrected chi connectivity index (χ1v) is 12.2. The molecule has 1 atom stereocenters. The molecular weight excluding hydrogens is 431 g/mol. The van der Waals surface area contributed by atoms with Gasteiger partial charge < -0.3 is 10.0 Å². The summed E-state index contributed by atoms with van der Waals surface area (Å²) in [5.74, 6) is -0.865. The van der Waals surface area contributed by atoms with Crippen molar-refractivity contribution < 1.29 is 22.7 Å². The largest absolute Gasteiger partial charge is 0.509 e. The maximum Gasteiger partial charge on any atom is 0.283 e. The highest BCUT2D eigenvalue weighted by Gasteiger charge is 2.47. The smallest absolute Gasteiger partial charge is 0.283 e. The topological polar surface area (TPSA) is 87.0 Å². The van der Waals surface area contributed by atoms with Crippen molar-refractivity contribution in [3.05, 3.63) is 76.8 Å². The average Bonchev–Trinajstić information content (AvgIpc) is 3.19. The summed E-state index contributed by atoms with van der Waals surface area (Å²) < 4.78 is 42.4. The molecule has 0 spiro atoms. The molecule has 0 radical (unpaired) electrons. The van der Waals surface area contributed by atoms with Crippen LogP contribution in [-0.2, 0) is 21.4 Å². The number of aliphatic hydroxyl groups is 1. The molecule has 5 rings (SSSR count). The van der Waals surface area contributed by atoms with Gasteiger partial charge in [0.1, 0.15) is 22.9 Å². The van der Waals surface area contributed by atoms with Crippen molar-refractivity contribution in [2.24, 2.45) is 10.3 Å². The number of benzene rings is 2. The molecule has 2 aliphatic heterocycles. The number of nitrogens with zero attached hydrogens (tertiary/aromatic N) is 2. The number of hydrogen-bond acceptors (Lipinski definition) is 4. The van der Waals surface area contributed by atoms with Crippen LogP contribution >= 0.6 is 0 Å². The second-order valence-corrected chi connectivity index (χ2v) is 10.1. The Morgan fingerprint density at radius 2 is 1.72 bits per heavy atom. The third-order valence-corrected chi connectivity index (χ3v) is 7.91. The number of carbonyl (C=O) groups is 1. The lowest BCUT2D eigenvalue weighted by atomic mass is 9.82. The third-order valence-electron chi connectivity index (χ3n) is 6.58. The van der Waals surface area contributed by atoms with E-state index < -0.39 is 22.0 Å². The van der Waals surface area contributed by atoms with Crippen molar-refractivity contribution in [3.63, 3.8) is 0 Å². The summed E-state index contributed by atoms with van der Waals surface area (Å²) in [4.78, 5) is 15.2. The van der Waals surface area contributed by atoms with Crippen molar-refractivity contribution in [2.45, 2.75) is 49.6 Å². The monoisotopic (exact) mass is 454 g/mol. The predicted octanol–water partition coefficient (Wildman–Crippen LogP) is 4.12. The van der Waals surface area contributed by atoms with Crippen LogP contribution in [0.1, 0.15) is 43.2 Å². The molecule has 0 bridgehead atoms. The summed E-state index contributed by atoms with van der Waals surface area (Å²) in [7, 11) is -3.93. The van der Waals surface area contributed by atoms with E-state index in [-0.39, 0.29) is 40.2 Å². The van der Waals surface area contributed by atoms with Crippen molar-refractivity contribution in [1.82, 2.24) is 4.90 Å². The van der Waals surface area contributed by atoms with E-state index in [1.54, 1.807) is 35.2 Å². The fourth-order valence-electron chi connectivity index (χ4n) is 5.07. The molecule has 1 fully saturated rings. The van der Waals surface area contributed by atoms with Gasteiger partial charge in [0.05, 0.1) is 10.9 Å². The lowest BCUT2D eigenvalue weighted by Gasteiger charge is -2.34. The van der Waals surface area contributed by atoms with E-state index in [0.717, 1.165) is 37.7 Å². The first-order chi connectivity index (χ1) is 15.4. The number of halogens is 1. The van der Waals surface area contributed by atoms with Gasteiger partial charge >= 0.3 is 0 Å². The van der Waals surface area contributed by atoms with E-state index in [4.69, 9.17) is 0 Å². The van der Waals surface area contributed by atoms with Crippen molar-refractivity contribution in [2.75, 3.05) is 0 Å². The zero-order valence-electron chi connectivity index (χ0n) is 17.4. The molecule has 0 unspecified atom stereocenters. The van der Waals surface area contributed by atoms with Crippen LogP contribution < -0.4 is 0 Å². The second kappa shape index (κ2) is 7.85. The minimum atomic E-state index is -3.93. The number of fused-ring (bicyclic) bond motifs is 1. The number of rotatable bonds is 4. The molecule has 166 valence electrons. The number of hydrogen-bond donors (Lipinski definition) is 1. The van der Waals surface area contributed by atoms with E-state index in [1.165, 1.54) is 18.2 Å². The molecule has 6 nitrogen and oxygen atoms in total. The number of sulfonamides is 1. The Bertz CT molecular complexity index is 1250.